The summed E-state index contributed by atoms with van der Waals surface area (Å²) in [7, 11) is 1.63. The highest BCUT2D eigenvalue weighted by molar-refractivity contribution is 6.42. The summed E-state index contributed by atoms with van der Waals surface area (Å²) in [6.45, 7) is 0. The molecule has 3 N–H and O–H groups in total. The largest absolute Gasteiger partial charge is 0.368 e. The van der Waals surface area contributed by atoms with Gasteiger partial charge in [0, 0.05) is 0 Å². The number of nitrogens with two attached hydrogens (primary N) is 1. The molecule has 5 heteroatoms. The van der Waals surface area contributed by atoms with Crippen molar-refractivity contribution in [2.45, 2.75) is 6.04 Å². The van der Waals surface area contributed by atoms with Crippen molar-refractivity contribution in [3.63, 3.8) is 0 Å². The molecule has 1 unspecified atom stereocenters. The number of benzene rings is 1. The van der Waals surface area contributed by atoms with Crippen LogP contribution in [0.4, 0.5) is 0 Å². The van der Waals surface area contributed by atoms with E-state index in [1.165, 1.54) is 0 Å². The van der Waals surface area contributed by atoms with Crippen molar-refractivity contribution in [3.05, 3.63) is 33.8 Å². The number of primary amides is 1. The molecule has 0 aliphatic rings. The van der Waals surface area contributed by atoms with Gasteiger partial charge in [0.25, 0.3) is 0 Å². The molecule has 0 radical (unpaired) electrons. The molecule has 1 aromatic rings. The van der Waals surface area contributed by atoms with Crippen LogP contribution in [0.15, 0.2) is 18.2 Å². The Morgan fingerprint density at radius 1 is 1.50 bits per heavy atom. The summed E-state index contributed by atoms with van der Waals surface area (Å²) >= 11 is 11.7. The van der Waals surface area contributed by atoms with E-state index in [2.05, 4.69) is 5.32 Å². The van der Waals surface area contributed by atoms with Crippen molar-refractivity contribution in [3.8, 4) is 0 Å². The maximum absolute atomic E-state index is 11.1. The van der Waals surface area contributed by atoms with Crippen molar-refractivity contribution in [1.29, 1.82) is 0 Å². The zero-order chi connectivity index (χ0) is 10.7. The highest BCUT2D eigenvalue weighted by Gasteiger charge is 2.19. The Balaban J connectivity index is 3.16. The fraction of sp³-hybridized carbons (Fsp3) is 0.222. The molecule has 0 spiro atoms. The molecule has 0 fully saturated rings. The second kappa shape index (κ2) is 4.64. The fourth-order valence-corrected chi connectivity index (χ4v) is 1.61. The summed E-state index contributed by atoms with van der Waals surface area (Å²) < 4.78 is 0. The number of halogens is 2. The van der Waals surface area contributed by atoms with Gasteiger partial charge in [-0.3, -0.25) is 4.79 Å². The van der Waals surface area contributed by atoms with E-state index in [1.54, 1.807) is 25.2 Å². The predicted molar refractivity (Wildman–Crippen MR) is 57.5 cm³/mol. The van der Waals surface area contributed by atoms with Gasteiger partial charge in [0.1, 0.15) is 6.04 Å². The van der Waals surface area contributed by atoms with Crippen LogP contribution in [-0.2, 0) is 4.79 Å². The van der Waals surface area contributed by atoms with Gasteiger partial charge in [-0.1, -0.05) is 35.3 Å². The summed E-state index contributed by atoms with van der Waals surface area (Å²) in [6.07, 6.45) is 0. The zero-order valence-corrected chi connectivity index (χ0v) is 9.06. The van der Waals surface area contributed by atoms with Crippen LogP contribution in [0.25, 0.3) is 0 Å². The molecule has 0 bridgehead atoms. The van der Waals surface area contributed by atoms with Crippen LogP contribution in [0.5, 0.6) is 0 Å². The van der Waals surface area contributed by atoms with Gasteiger partial charge in [-0.25, -0.2) is 0 Å². The van der Waals surface area contributed by atoms with E-state index in [0.29, 0.717) is 15.6 Å². The molecular formula is C9H10Cl2N2O. The van der Waals surface area contributed by atoms with Crippen LogP contribution >= 0.6 is 23.2 Å². The first-order chi connectivity index (χ1) is 6.57. The standard InChI is InChI=1S/C9H10Cl2N2O/c1-13-8(9(12)14)5-3-2-4-6(10)7(5)11/h2-4,8,13H,1H3,(H2,12,14). The van der Waals surface area contributed by atoms with Gasteiger partial charge in [0.15, 0.2) is 0 Å². The monoisotopic (exact) mass is 232 g/mol. The molecule has 14 heavy (non-hydrogen) atoms. The van der Waals surface area contributed by atoms with Crippen LogP contribution in [0.2, 0.25) is 10.0 Å². The lowest BCUT2D eigenvalue weighted by Gasteiger charge is -2.14. The van der Waals surface area contributed by atoms with Gasteiger partial charge in [-0.05, 0) is 18.7 Å². The first-order valence-electron chi connectivity index (χ1n) is 3.98. The van der Waals surface area contributed by atoms with E-state index >= 15 is 0 Å². The number of hydrogen-bond acceptors (Lipinski definition) is 2. The van der Waals surface area contributed by atoms with Crippen molar-refractivity contribution in [2.24, 2.45) is 5.73 Å². The molecule has 76 valence electrons. The zero-order valence-electron chi connectivity index (χ0n) is 7.55. The molecule has 0 aliphatic heterocycles. The number of carbonyl (C=O) groups is 1. The Labute approximate surface area is 92.2 Å². The van der Waals surface area contributed by atoms with E-state index in [9.17, 15) is 4.79 Å². The van der Waals surface area contributed by atoms with Crippen LogP contribution in [0.3, 0.4) is 0 Å². The summed E-state index contributed by atoms with van der Waals surface area (Å²) in [4.78, 5) is 11.1. The third-order valence-corrected chi connectivity index (χ3v) is 2.70. The Kier molecular flexibility index (Phi) is 3.75. The molecule has 0 heterocycles. The highest BCUT2D eigenvalue weighted by Crippen LogP contribution is 2.29. The third kappa shape index (κ3) is 2.18. The van der Waals surface area contributed by atoms with Crippen LogP contribution in [0.1, 0.15) is 11.6 Å². The van der Waals surface area contributed by atoms with Gasteiger partial charge >= 0.3 is 0 Å². The molecule has 1 rings (SSSR count). The number of rotatable bonds is 3. The Hall–Kier alpha value is -0.770. The number of nitrogens with one attached hydrogen (secondary N) is 1. The van der Waals surface area contributed by atoms with Crippen molar-refractivity contribution in [1.82, 2.24) is 5.32 Å². The van der Waals surface area contributed by atoms with E-state index in [0.717, 1.165) is 0 Å². The second-order valence-electron chi connectivity index (χ2n) is 2.77. The summed E-state index contributed by atoms with van der Waals surface area (Å²) in [5, 5.41) is 3.53. The van der Waals surface area contributed by atoms with E-state index in [-0.39, 0.29) is 0 Å². The van der Waals surface area contributed by atoms with Crippen molar-refractivity contribution < 1.29 is 4.79 Å². The first kappa shape index (κ1) is 11.3. The molecule has 0 aliphatic carbocycles. The third-order valence-electron chi connectivity index (χ3n) is 1.87. The molecule has 3 nitrogen and oxygen atoms in total. The summed E-state index contributed by atoms with van der Waals surface area (Å²) in [6, 6.07) is 4.47. The maximum Gasteiger partial charge on any atom is 0.239 e. The van der Waals surface area contributed by atoms with Crippen molar-refractivity contribution in [2.75, 3.05) is 7.05 Å². The normalized spacial score (nSPS) is 12.5. The topological polar surface area (TPSA) is 55.1 Å². The predicted octanol–water partition coefficient (Wildman–Crippen LogP) is 1.74. The lowest BCUT2D eigenvalue weighted by Crippen LogP contribution is -2.31. The molecule has 0 saturated carbocycles. The van der Waals surface area contributed by atoms with Crippen LogP contribution in [-0.4, -0.2) is 13.0 Å². The molecule has 1 amide bonds. The smallest absolute Gasteiger partial charge is 0.239 e. The SMILES string of the molecule is CNC(C(N)=O)c1cccc(Cl)c1Cl. The van der Waals surface area contributed by atoms with Crippen molar-refractivity contribution >= 4 is 29.1 Å². The molecule has 1 aromatic carbocycles. The molecule has 1 atom stereocenters. The number of amides is 1. The lowest BCUT2D eigenvalue weighted by molar-refractivity contribution is -0.120. The summed E-state index contributed by atoms with van der Waals surface area (Å²) in [5.74, 6) is -0.489. The average Bonchev–Trinajstić information content (AvgIpc) is 2.13. The van der Waals surface area contributed by atoms with Crippen LogP contribution in [0, 0.1) is 0 Å². The van der Waals surface area contributed by atoms with Gasteiger partial charge < -0.3 is 11.1 Å². The lowest BCUT2D eigenvalue weighted by atomic mass is 10.1. The highest BCUT2D eigenvalue weighted by atomic mass is 35.5. The number of carbonyl (C=O) groups excluding carboxylic acids is 1. The first-order valence-corrected chi connectivity index (χ1v) is 4.74. The quantitative estimate of drug-likeness (QED) is 0.835. The number of likely N-dealkylation sites (N-methyl/N-ethyl adjacent to an activating group) is 1. The summed E-state index contributed by atoms with van der Waals surface area (Å²) in [5.41, 5.74) is 5.79. The van der Waals surface area contributed by atoms with E-state index in [4.69, 9.17) is 28.9 Å². The Morgan fingerprint density at radius 3 is 2.64 bits per heavy atom. The van der Waals surface area contributed by atoms with Gasteiger partial charge in [0.05, 0.1) is 10.0 Å². The molecular weight excluding hydrogens is 223 g/mol. The Bertz CT molecular complexity index is 355. The van der Waals surface area contributed by atoms with Gasteiger partial charge in [-0.15, -0.1) is 0 Å². The van der Waals surface area contributed by atoms with Crippen LogP contribution < -0.4 is 11.1 Å². The second-order valence-corrected chi connectivity index (χ2v) is 3.55. The average molecular weight is 233 g/mol. The maximum atomic E-state index is 11.1. The minimum absolute atomic E-state index is 0.354. The van der Waals surface area contributed by atoms with E-state index in [1.807, 2.05) is 0 Å². The minimum Gasteiger partial charge on any atom is -0.368 e. The minimum atomic E-state index is -0.610. The van der Waals surface area contributed by atoms with E-state index < -0.39 is 11.9 Å². The van der Waals surface area contributed by atoms with Gasteiger partial charge in [0.2, 0.25) is 5.91 Å². The Morgan fingerprint density at radius 2 is 2.14 bits per heavy atom. The van der Waals surface area contributed by atoms with Gasteiger partial charge in [-0.2, -0.15) is 0 Å². The fourth-order valence-electron chi connectivity index (χ4n) is 1.19. The molecule has 0 aromatic heterocycles. The molecule has 0 saturated heterocycles. The number of hydrogen-bond donors (Lipinski definition) is 2.